The van der Waals surface area contributed by atoms with Gasteiger partial charge in [0, 0.05) is 42.4 Å². The second kappa shape index (κ2) is 16.7. The van der Waals surface area contributed by atoms with Crippen LogP contribution in [0.3, 0.4) is 0 Å². The maximum atomic E-state index is 12.2. The van der Waals surface area contributed by atoms with Crippen LogP contribution >= 0.6 is 0 Å². The van der Waals surface area contributed by atoms with Crippen molar-refractivity contribution in [2.45, 2.75) is 107 Å². The molecule has 4 rings (SSSR count). The Balaban J connectivity index is 0.000000343. The third-order valence-electron chi connectivity index (χ3n) is 9.79. The summed E-state index contributed by atoms with van der Waals surface area (Å²) in [6.07, 6.45) is 5.83. The third kappa shape index (κ3) is 8.92. The minimum atomic E-state index is -0.337. The van der Waals surface area contributed by atoms with Gasteiger partial charge < -0.3 is 5.11 Å². The summed E-state index contributed by atoms with van der Waals surface area (Å²) in [5.41, 5.74) is 5.34. The number of benzene rings is 3. The van der Waals surface area contributed by atoms with Crippen molar-refractivity contribution in [1.29, 1.82) is 0 Å². The van der Waals surface area contributed by atoms with E-state index in [1.54, 1.807) is 0 Å². The number of fused-ring (bicyclic) bond motifs is 2. The topological polar surface area (TPSA) is 50.2 Å². The normalized spacial score (nSPS) is 12.3. The van der Waals surface area contributed by atoms with E-state index in [-0.39, 0.29) is 42.5 Å². The van der Waals surface area contributed by atoms with Gasteiger partial charge in [-0.25, -0.2) is 0 Å². The van der Waals surface area contributed by atoms with Crippen LogP contribution in [0, 0.1) is 22.8 Å². The first-order chi connectivity index (χ1) is 20.8. The molecular formula is C41H54IrNO2-. The number of pyridine rings is 1. The fraction of sp³-hybridized carbons (Fsp3) is 0.463. The summed E-state index contributed by atoms with van der Waals surface area (Å²) in [6.45, 7) is 21.1. The molecule has 1 heterocycles. The Hall–Kier alpha value is -2.81. The van der Waals surface area contributed by atoms with Crippen molar-refractivity contribution >= 4 is 27.5 Å². The molecule has 45 heavy (non-hydrogen) atoms. The molecule has 0 atom stereocenters. The van der Waals surface area contributed by atoms with Crippen molar-refractivity contribution < 1.29 is 30.0 Å². The van der Waals surface area contributed by atoms with Crippen LogP contribution in [0.2, 0.25) is 0 Å². The fourth-order valence-corrected chi connectivity index (χ4v) is 5.57. The first kappa shape index (κ1) is 38.4. The molecule has 0 aliphatic heterocycles. The summed E-state index contributed by atoms with van der Waals surface area (Å²) in [6, 6.07) is 25.0. The van der Waals surface area contributed by atoms with E-state index >= 15 is 0 Å². The number of aliphatic hydroxyl groups excluding tert-OH is 1. The number of nitrogens with zero attached hydrogens (tertiary/aromatic N) is 1. The Kier molecular flexibility index (Phi) is 14.2. The van der Waals surface area contributed by atoms with Crippen molar-refractivity contribution in [3.8, 4) is 11.3 Å². The molecule has 1 N–H and O–H groups in total. The number of aromatic nitrogens is 1. The Morgan fingerprint density at radius 3 is 2.07 bits per heavy atom. The van der Waals surface area contributed by atoms with Gasteiger partial charge in [-0.2, -0.15) is 0 Å². The average molecular weight is 785 g/mol. The van der Waals surface area contributed by atoms with Crippen LogP contribution < -0.4 is 0 Å². The van der Waals surface area contributed by atoms with Gasteiger partial charge in [0.2, 0.25) is 0 Å². The van der Waals surface area contributed by atoms with E-state index in [2.05, 4.69) is 88.4 Å². The smallest absolute Gasteiger partial charge is 0.164 e. The average Bonchev–Trinajstić information content (AvgIpc) is 3.03. The summed E-state index contributed by atoms with van der Waals surface area (Å²) < 4.78 is 0. The van der Waals surface area contributed by atoms with E-state index in [9.17, 15) is 9.90 Å². The zero-order valence-electron chi connectivity index (χ0n) is 29.2. The van der Waals surface area contributed by atoms with Gasteiger partial charge in [-0.15, -0.1) is 29.1 Å². The second-order valence-corrected chi connectivity index (χ2v) is 13.5. The summed E-state index contributed by atoms with van der Waals surface area (Å²) in [5.74, 6) is 1.31. The molecule has 0 saturated heterocycles. The maximum Gasteiger partial charge on any atom is 0.164 e. The van der Waals surface area contributed by atoms with E-state index < -0.39 is 0 Å². The van der Waals surface area contributed by atoms with E-state index in [0.29, 0.717) is 11.8 Å². The number of carbonyl (C=O) groups is 1. The zero-order valence-corrected chi connectivity index (χ0v) is 31.6. The van der Waals surface area contributed by atoms with Gasteiger partial charge in [0.1, 0.15) is 5.76 Å². The first-order valence-electron chi connectivity index (χ1n) is 16.6. The van der Waals surface area contributed by atoms with Gasteiger partial charge in [0.05, 0.1) is 5.52 Å². The summed E-state index contributed by atoms with van der Waals surface area (Å²) in [4.78, 5) is 17.3. The molecular weight excluding hydrogens is 731 g/mol. The van der Waals surface area contributed by atoms with Crippen molar-refractivity contribution in [2.75, 3.05) is 0 Å². The minimum Gasteiger partial charge on any atom is -0.512 e. The van der Waals surface area contributed by atoms with Crippen molar-refractivity contribution in [2.24, 2.45) is 16.7 Å². The molecule has 0 saturated carbocycles. The molecule has 0 bridgehead atoms. The van der Waals surface area contributed by atoms with Crippen LogP contribution in [0.1, 0.15) is 112 Å². The Morgan fingerprint density at radius 1 is 0.867 bits per heavy atom. The molecule has 4 aromatic rings. The van der Waals surface area contributed by atoms with E-state index in [1.807, 2.05) is 47.6 Å². The number of hydrogen-bond acceptors (Lipinski definition) is 3. The van der Waals surface area contributed by atoms with Gasteiger partial charge in [-0.3, -0.25) is 9.78 Å². The van der Waals surface area contributed by atoms with Gasteiger partial charge in [-0.1, -0.05) is 123 Å². The van der Waals surface area contributed by atoms with Crippen LogP contribution in [0.25, 0.3) is 32.9 Å². The molecule has 0 spiro atoms. The number of allylic oxidation sites excluding steroid dienone is 2. The maximum absolute atomic E-state index is 12.2. The largest absolute Gasteiger partial charge is 0.512 e. The standard InChI is InChI=1S/C26H26N.C15H28O2.Ir/c1-17(2)15-20-11-8-14-25-24(20)16-23(18(3)4)26(27-25)22-13-7-10-19-9-5-6-12-21(19)22;1-7-14(5,8-2)12(16)11-13(17)15(6,9-3)10-4;/h5-12,14,16-18H,15H2,1-4H3;11,16H,7-10H2,1-6H3;/q-1;;/b;12-11-;. The molecule has 3 nitrogen and oxygen atoms in total. The van der Waals surface area contributed by atoms with Gasteiger partial charge in [0.15, 0.2) is 5.78 Å². The van der Waals surface area contributed by atoms with E-state index in [1.165, 1.54) is 33.4 Å². The van der Waals surface area contributed by atoms with Gasteiger partial charge in [0.25, 0.3) is 0 Å². The number of carbonyl (C=O) groups excluding carboxylic acids is 1. The minimum absolute atomic E-state index is 0. The van der Waals surface area contributed by atoms with E-state index in [4.69, 9.17) is 4.98 Å². The molecule has 0 unspecified atom stereocenters. The van der Waals surface area contributed by atoms with Crippen molar-refractivity contribution in [3.63, 3.8) is 0 Å². The number of ketones is 1. The van der Waals surface area contributed by atoms with Crippen molar-refractivity contribution in [1.82, 2.24) is 4.98 Å². The molecule has 1 radical (unpaired) electrons. The molecule has 0 fully saturated rings. The Bertz CT molecular complexity index is 1590. The molecule has 3 aromatic carbocycles. The zero-order chi connectivity index (χ0) is 32.7. The van der Waals surface area contributed by atoms with Gasteiger partial charge >= 0.3 is 0 Å². The molecule has 245 valence electrons. The molecule has 1 aromatic heterocycles. The Labute approximate surface area is 286 Å². The fourth-order valence-electron chi connectivity index (χ4n) is 5.57. The third-order valence-corrected chi connectivity index (χ3v) is 9.79. The predicted molar refractivity (Wildman–Crippen MR) is 189 cm³/mol. The monoisotopic (exact) mass is 785 g/mol. The summed E-state index contributed by atoms with van der Waals surface area (Å²) >= 11 is 0. The summed E-state index contributed by atoms with van der Waals surface area (Å²) in [7, 11) is 0. The van der Waals surface area contributed by atoms with Crippen LogP contribution in [-0.4, -0.2) is 15.9 Å². The van der Waals surface area contributed by atoms with E-state index in [0.717, 1.165) is 48.9 Å². The van der Waals surface area contributed by atoms with Crippen LogP contribution in [0.5, 0.6) is 0 Å². The number of aliphatic hydroxyl groups is 1. The SMILES string of the molecule is CC(C)Cc1cccc2nc(-c3[c-]ccc4ccccc34)c(C(C)C)cc12.CCC(C)(CC)C(=O)/C=C(\O)C(C)(CC)CC.[Ir]. The van der Waals surface area contributed by atoms with Gasteiger partial charge in [-0.05, 0) is 61.3 Å². The quantitative estimate of drug-likeness (QED) is 0.0936. The number of rotatable bonds is 11. The molecule has 0 aliphatic rings. The number of hydrogen-bond donors (Lipinski definition) is 1. The molecule has 0 aliphatic carbocycles. The van der Waals surface area contributed by atoms with Crippen LogP contribution in [0.4, 0.5) is 0 Å². The Morgan fingerprint density at radius 2 is 1.49 bits per heavy atom. The van der Waals surface area contributed by atoms with Crippen LogP contribution in [0.15, 0.2) is 72.5 Å². The second-order valence-electron chi connectivity index (χ2n) is 13.5. The molecule has 4 heteroatoms. The summed E-state index contributed by atoms with van der Waals surface area (Å²) in [5, 5.41) is 13.9. The predicted octanol–water partition coefficient (Wildman–Crippen LogP) is 11.8. The molecule has 0 amide bonds. The first-order valence-corrected chi connectivity index (χ1v) is 16.6. The van der Waals surface area contributed by atoms with Crippen LogP contribution in [-0.2, 0) is 31.3 Å². The van der Waals surface area contributed by atoms with Crippen molar-refractivity contribution in [3.05, 3.63) is 89.7 Å².